The molecule has 1 aromatic carbocycles. The van der Waals surface area contributed by atoms with Crippen LogP contribution in [0.25, 0.3) is 0 Å². The Morgan fingerprint density at radius 2 is 2.19 bits per heavy atom. The van der Waals surface area contributed by atoms with Gasteiger partial charge in [-0.2, -0.15) is 5.10 Å². The van der Waals surface area contributed by atoms with Crippen LogP contribution in [0.2, 0.25) is 0 Å². The number of hydrogen-bond donors (Lipinski definition) is 3. The Morgan fingerprint density at radius 1 is 1.48 bits per heavy atom. The van der Waals surface area contributed by atoms with Crippen molar-refractivity contribution in [2.45, 2.75) is 17.9 Å². The number of carboxylic acid groups (broad SMARTS) is 1. The van der Waals surface area contributed by atoms with Crippen LogP contribution in [0.4, 0.5) is 0 Å². The molecule has 0 saturated heterocycles. The molecule has 1 atom stereocenters. The first-order valence-corrected chi connectivity index (χ1v) is 8.13. The van der Waals surface area contributed by atoms with Gasteiger partial charge >= 0.3 is 5.97 Å². The van der Waals surface area contributed by atoms with Crippen LogP contribution >= 0.6 is 15.9 Å². The fourth-order valence-corrected chi connectivity index (χ4v) is 3.93. The number of H-pyrrole nitrogens is 1. The Balaban J connectivity index is 2.35. The Morgan fingerprint density at radius 3 is 2.76 bits per heavy atom. The van der Waals surface area contributed by atoms with Gasteiger partial charge in [0.1, 0.15) is 0 Å². The van der Waals surface area contributed by atoms with E-state index in [0.717, 1.165) is 6.07 Å². The fourth-order valence-electron chi connectivity index (χ4n) is 1.70. The minimum absolute atomic E-state index is 0.102. The molecule has 0 radical (unpaired) electrons. The number of sulfonamides is 1. The van der Waals surface area contributed by atoms with E-state index in [1.54, 1.807) is 13.1 Å². The van der Waals surface area contributed by atoms with Crippen molar-refractivity contribution < 1.29 is 18.3 Å². The van der Waals surface area contributed by atoms with Gasteiger partial charge in [0.25, 0.3) is 0 Å². The van der Waals surface area contributed by atoms with E-state index in [-0.39, 0.29) is 10.5 Å². The Kier molecular flexibility index (Phi) is 4.45. The summed E-state index contributed by atoms with van der Waals surface area (Å²) in [5, 5.41) is 15.3. The average molecular weight is 374 g/mol. The third-order valence-corrected chi connectivity index (χ3v) is 5.35. The van der Waals surface area contributed by atoms with Crippen LogP contribution in [0.5, 0.6) is 0 Å². The van der Waals surface area contributed by atoms with Crippen molar-refractivity contribution in [3.05, 3.63) is 46.2 Å². The van der Waals surface area contributed by atoms with E-state index in [2.05, 4.69) is 30.8 Å². The molecule has 0 amide bonds. The van der Waals surface area contributed by atoms with Crippen molar-refractivity contribution in [2.24, 2.45) is 0 Å². The average Bonchev–Trinajstić information content (AvgIpc) is 2.92. The summed E-state index contributed by atoms with van der Waals surface area (Å²) in [7, 11) is -3.87. The van der Waals surface area contributed by atoms with Crippen molar-refractivity contribution in [2.75, 3.05) is 0 Å². The van der Waals surface area contributed by atoms with Gasteiger partial charge < -0.3 is 5.11 Å². The smallest absolute Gasteiger partial charge is 0.335 e. The highest BCUT2D eigenvalue weighted by Crippen LogP contribution is 2.25. The van der Waals surface area contributed by atoms with Crippen molar-refractivity contribution >= 4 is 31.9 Å². The summed E-state index contributed by atoms with van der Waals surface area (Å²) < 4.78 is 27.5. The quantitative estimate of drug-likeness (QED) is 0.740. The number of aromatic carboxylic acids is 1. The first-order valence-electron chi connectivity index (χ1n) is 5.85. The van der Waals surface area contributed by atoms with Crippen molar-refractivity contribution in [3.63, 3.8) is 0 Å². The van der Waals surface area contributed by atoms with Crippen LogP contribution in [0.3, 0.4) is 0 Å². The van der Waals surface area contributed by atoms with Gasteiger partial charge in [0, 0.05) is 22.3 Å². The molecule has 3 N–H and O–H groups in total. The van der Waals surface area contributed by atoms with E-state index in [1.165, 1.54) is 18.3 Å². The molecule has 0 saturated carbocycles. The number of aromatic nitrogens is 2. The molecular formula is C12H12BrN3O4S. The number of benzene rings is 1. The molecule has 0 aliphatic heterocycles. The lowest BCUT2D eigenvalue weighted by Crippen LogP contribution is -2.27. The van der Waals surface area contributed by atoms with Gasteiger partial charge in [0.2, 0.25) is 10.0 Å². The maximum Gasteiger partial charge on any atom is 0.335 e. The molecule has 1 heterocycles. The van der Waals surface area contributed by atoms with Gasteiger partial charge in [-0.3, -0.25) is 5.10 Å². The number of hydrogen-bond acceptors (Lipinski definition) is 4. The Hall–Kier alpha value is -1.71. The lowest BCUT2D eigenvalue weighted by Gasteiger charge is -2.14. The maximum absolute atomic E-state index is 12.4. The van der Waals surface area contributed by atoms with Gasteiger partial charge in [-0.15, -0.1) is 0 Å². The van der Waals surface area contributed by atoms with Crippen LogP contribution in [-0.2, 0) is 10.0 Å². The van der Waals surface area contributed by atoms with E-state index in [1.807, 2.05) is 0 Å². The summed E-state index contributed by atoms with van der Waals surface area (Å²) in [6, 6.07) is 3.32. The number of nitrogens with zero attached hydrogens (tertiary/aromatic N) is 1. The van der Waals surface area contributed by atoms with E-state index in [4.69, 9.17) is 5.11 Å². The standard InChI is InChI=1S/C12H12BrN3O4S/c1-7(9-5-14-15-6-9)16-21(19,20)11-4-8(12(17)18)2-3-10(11)13/h2-7,16H,1H3,(H,14,15)(H,17,18). The number of rotatable bonds is 5. The van der Waals surface area contributed by atoms with Gasteiger partial charge in [0.05, 0.1) is 16.7 Å². The minimum atomic E-state index is -3.87. The highest BCUT2D eigenvalue weighted by Gasteiger charge is 2.22. The molecule has 1 unspecified atom stereocenters. The summed E-state index contributed by atoms with van der Waals surface area (Å²) in [4.78, 5) is 10.8. The van der Waals surface area contributed by atoms with Crippen molar-refractivity contribution in [1.29, 1.82) is 0 Å². The first-order chi connectivity index (χ1) is 9.81. The third kappa shape index (κ3) is 3.49. The molecule has 7 nitrogen and oxygen atoms in total. The number of carbonyl (C=O) groups is 1. The largest absolute Gasteiger partial charge is 0.478 e. The number of halogens is 1. The molecule has 2 aromatic rings. The van der Waals surface area contributed by atoms with Crippen LogP contribution in [0.15, 0.2) is 40.0 Å². The summed E-state index contributed by atoms with van der Waals surface area (Å²) in [5.41, 5.74) is 0.568. The highest BCUT2D eigenvalue weighted by molar-refractivity contribution is 9.10. The second-order valence-electron chi connectivity index (χ2n) is 4.32. The molecule has 21 heavy (non-hydrogen) atoms. The van der Waals surface area contributed by atoms with Gasteiger partial charge in [-0.25, -0.2) is 17.9 Å². The predicted molar refractivity (Wildman–Crippen MR) is 78.4 cm³/mol. The first kappa shape index (κ1) is 15.7. The molecule has 0 aliphatic carbocycles. The topological polar surface area (TPSA) is 112 Å². The van der Waals surface area contributed by atoms with Gasteiger partial charge in [0.15, 0.2) is 0 Å². The minimum Gasteiger partial charge on any atom is -0.478 e. The summed E-state index contributed by atoms with van der Waals surface area (Å²) >= 11 is 3.12. The molecule has 9 heteroatoms. The van der Waals surface area contributed by atoms with E-state index < -0.39 is 22.0 Å². The fraction of sp³-hybridized carbons (Fsp3) is 0.167. The molecule has 2 rings (SSSR count). The zero-order valence-electron chi connectivity index (χ0n) is 10.9. The molecule has 0 bridgehead atoms. The monoisotopic (exact) mass is 373 g/mol. The normalized spacial score (nSPS) is 13.0. The summed E-state index contributed by atoms with van der Waals surface area (Å²) in [5.74, 6) is -1.19. The third-order valence-electron chi connectivity index (χ3n) is 2.82. The Labute approximate surface area is 129 Å². The zero-order chi connectivity index (χ0) is 15.6. The van der Waals surface area contributed by atoms with Gasteiger partial charge in [-0.05, 0) is 41.1 Å². The lowest BCUT2D eigenvalue weighted by molar-refractivity contribution is 0.0696. The van der Waals surface area contributed by atoms with Crippen LogP contribution in [0.1, 0.15) is 28.9 Å². The Bertz CT molecular complexity index is 759. The number of aromatic amines is 1. The van der Waals surface area contributed by atoms with Crippen molar-refractivity contribution in [1.82, 2.24) is 14.9 Å². The summed E-state index contributed by atoms with van der Waals surface area (Å²) in [6.45, 7) is 1.66. The van der Waals surface area contributed by atoms with Crippen LogP contribution in [0, 0.1) is 0 Å². The maximum atomic E-state index is 12.4. The molecule has 112 valence electrons. The SMILES string of the molecule is CC(NS(=O)(=O)c1cc(C(=O)O)ccc1Br)c1cn[nH]c1. The second kappa shape index (κ2) is 5.96. The molecule has 0 spiro atoms. The van der Waals surface area contributed by atoms with Crippen LogP contribution < -0.4 is 4.72 Å². The number of carboxylic acids is 1. The molecule has 1 aromatic heterocycles. The summed E-state index contributed by atoms with van der Waals surface area (Å²) in [6.07, 6.45) is 3.09. The number of nitrogens with one attached hydrogen (secondary N) is 2. The zero-order valence-corrected chi connectivity index (χ0v) is 13.3. The highest BCUT2D eigenvalue weighted by atomic mass is 79.9. The van der Waals surface area contributed by atoms with E-state index >= 15 is 0 Å². The van der Waals surface area contributed by atoms with E-state index in [0.29, 0.717) is 10.0 Å². The molecule has 0 fully saturated rings. The lowest BCUT2D eigenvalue weighted by atomic mass is 10.2. The van der Waals surface area contributed by atoms with Gasteiger partial charge in [-0.1, -0.05) is 0 Å². The van der Waals surface area contributed by atoms with Crippen molar-refractivity contribution in [3.8, 4) is 0 Å². The van der Waals surface area contributed by atoms with E-state index in [9.17, 15) is 13.2 Å². The van der Waals surface area contributed by atoms with Crippen LogP contribution in [-0.4, -0.2) is 29.7 Å². The predicted octanol–water partition coefficient (Wildman–Crippen LogP) is 1.91. The molecular weight excluding hydrogens is 362 g/mol. The second-order valence-corrected chi connectivity index (χ2v) is 6.86. The molecule has 0 aliphatic rings.